The van der Waals surface area contributed by atoms with Crippen LogP contribution < -0.4 is 0 Å². The second-order valence-electron chi connectivity index (χ2n) is 1.70. The molecule has 0 radical (unpaired) electrons. The van der Waals surface area contributed by atoms with Crippen LogP contribution in [0, 0.1) is 5.92 Å². The van der Waals surface area contributed by atoms with Crippen LogP contribution in [-0.4, -0.2) is 5.38 Å². The largest absolute Gasteiger partial charge is 0.323 e. The molecule has 0 unspecified atom stereocenters. The fourth-order valence-corrected chi connectivity index (χ4v) is 0. The first-order valence-corrected chi connectivity index (χ1v) is 2.39. The van der Waals surface area contributed by atoms with Crippen molar-refractivity contribution in [2.24, 2.45) is 5.92 Å². The molecule has 0 heterocycles. The van der Waals surface area contributed by atoms with Gasteiger partial charge in [0, 0.05) is 5.92 Å². The van der Waals surface area contributed by atoms with Crippen LogP contribution in [0.5, 0.6) is 0 Å². The van der Waals surface area contributed by atoms with E-state index in [0.29, 0.717) is 0 Å². The molecule has 0 atom stereocenters. The predicted octanol–water partition coefficient (Wildman–Crippen LogP) is 2.47. The summed E-state index contributed by atoms with van der Waals surface area (Å²) in [6, 6.07) is 0. The van der Waals surface area contributed by atoms with Crippen molar-refractivity contribution in [1.29, 1.82) is 0 Å². The minimum absolute atomic E-state index is 0.769. The molecule has 0 rings (SSSR count). The lowest BCUT2D eigenvalue weighted by Gasteiger charge is -2.09. The van der Waals surface area contributed by atoms with Gasteiger partial charge in [-0.15, -0.1) is 0 Å². The Hall–Kier alpha value is 0.150. The summed E-state index contributed by atoms with van der Waals surface area (Å²) in [5.41, 5.74) is 0. The fourth-order valence-electron chi connectivity index (χ4n) is 0. The highest BCUT2D eigenvalue weighted by Crippen LogP contribution is 2.27. The maximum absolute atomic E-state index is 11.6. The van der Waals surface area contributed by atoms with Crippen molar-refractivity contribution in [3.8, 4) is 0 Å². The molecule has 0 aromatic heterocycles. The van der Waals surface area contributed by atoms with Gasteiger partial charge in [-0.1, -0.05) is 13.8 Å². The van der Waals surface area contributed by atoms with E-state index in [1.807, 2.05) is 0 Å². The van der Waals surface area contributed by atoms with E-state index < -0.39 is 11.3 Å². The molecule has 0 spiro atoms. The third-order valence-electron chi connectivity index (χ3n) is 0.655. The summed E-state index contributed by atoms with van der Waals surface area (Å²) in [5, 5.41) is -3.03. The van der Waals surface area contributed by atoms with E-state index in [0.717, 1.165) is 0 Å². The van der Waals surface area contributed by atoms with Gasteiger partial charge in [0.25, 0.3) is 0 Å². The number of halogens is 3. The molecular formula is C4H7ClF2. The Bertz CT molecular complexity index is 55.2. The zero-order chi connectivity index (χ0) is 6.08. The molecular weight excluding hydrogens is 121 g/mol. The Morgan fingerprint density at radius 3 is 1.57 bits per heavy atom. The van der Waals surface area contributed by atoms with Crippen molar-refractivity contribution in [2.45, 2.75) is 19.2 Å². The van der Waals surface area contributed by atoms with E-state index in [9.17, 15) is 8.78 Å². The normalized spacial score (nSPS) is 12.9. The van der Waals surface area contributed by atoms with Crippen molar-refractivity contribution < 1.29 is 8.78 Å². The third-order valence-corrected chi connectivity index (χ3v) is 1.09. The highest BCUT2D eigenvalue weighted by molar-refractivity contribution is 6.21. The molecule has 0 saturated heterocycles. The average Bonchev–Trinajstić information content (AvgIpc) is 1.31. The second kappa shape index (κ2) is 1.95. The number of hydrogen-bond acceptors (Lipinski definition) is 0. The van der Waals surface area contributed by atoms with Crippen LogP contribution in [0.2, 0.25) is 0 Å². The molecule has 0 aromatic rings. The van der Waals surface area contributed by atoms with Crippen molar-refractivity contribution in [3.63, 3.8) is 0 Å². The SMILES string of the molecule is CC(C)C(F)(F)Cl. The first kappa shape index (κ1) is 7.15. The van der Waals surface area contributed by atoms with Crippen LogP contribution in [0.1, 0.15) is 13.8 Å². The van der Waals surface area contributed by atoms with E-state index in [4.69, 9.17) is 0 Å². The van der Waals surface area contributed by atoms with Crippen LogP contribution in [0.25, 0.3) is 0 Å². The predicted molar refractivity (Wildman–Crippen MR) is 25.6 cm³/mol. The first-order chi connectivity index (χ1) is 2.94. The lowest BCUT2D eigenvalue weighted by atomic mass is 10.2. The molecule has 0 fully saturated rings. The molecule has 3 heteroatoms. The monoisotopic (exact) mass is 128 g/mol. The van der Waals surface area contributed by atoms with Crippen LogP contribution in [0.4, 0.5) is 8.78 Å². The smallest absolute Gasteiger partial charge is 0.188 e. The minimum Gasteiger partial charge on any atom is -0.188 e. The van der Waals surface area contributed by atoms with Gasteiger partial charge in [-0.3, -0.25) is 0 Å². The quantitative estimate of drug-likeness (QED) is 0.476. The van der Waals surface area contributed by atoms with Crippen molar-refractivity contribution in [1.82, 2.24) is 0 Å². The molecule has 0 aliphatic rings. The van der Waals surface area contributed by atoms with Crippen LogP contribution in [-0.2, 0) is 0 Å². The van der Waals surface area contributed by atoms with Crippen LogP contribution >= 0.6 is 11.6 Å². The highest BCUT2D eigenvalue weighted by atomic mass is 35.5. The summed E-state index contributed by atoms with van der Waals surface area (Å²) < 4.78 is 23.2. The lowest BCUT2D eigenvalue weighted by molar-refractivity contribution is 0.0454. The molecule has 0 bridgehead atoms. The summed E-state index contributed by atoms with van der Waals surface area (Å²) in [6.07, 6.45) is 0. The van der Waals surface area contributed by atoms with Gasteiger partial charge >= 0.3 is 5.38 Å². The standard InChI is InChI=1S/C4H7ClF2/c1-3(2)4(5,6)7/h3H,1-2H3. The fraction of sp³-hybridized carbons (Fsp3) is 1.00. The molecule has 0 aliphatic carbocycles. The Balaban J connectivity index is 3.54. The molecule has 44 valence electrons. The Kier molecular flexibility index (Phi) is 1.99. The zero-order valence-electron chi connectivity index (χ0n) is 4.21. The average molecular weight is 129 g/mol. The minimum atomic E-state index is -3.03. The molecule has 0 saturated carbocycles. The van der Waals surface area contributed by atoms with Gasteiger partial charge in [0.05, 0.1) is 0 Å². The summed E-state index contributed by atoms with van der Waals surface area (Å²) in [5.74, 6) is -0.769. The Morgan fingerprint density at radius 2 is 1.57 bits per heavy atom. The zero-order valence-corrected chi connectivity index (χ0v) is 4.97. The molecule has 7 heavy (non-hydrogen) atoms. The van der Waals surface area contributed by atoms with E-state index in [2.05, 4.69) is 11.6 Å². The molecule has 0 N–H and O–H groups in total. The van der Waals surface area contributed by atoms with Crippen LogP contribution in [0.15, 0.2) is 0 Å². The Labute approximate surface area is 46.5 Å². The molecule has 0 nitrogen and oxygen atoms in total. The molecule has 0 amide bonds. The topological polar surface area (TPSA) is 0 Å². The summed E-state index contributed by atoms with van der Waals surface area (Å²) in [6.45, 7) is 2.74. The van der Waals surface area contributed by atoms with E-state index in [1.165, 1.54) is 13.8 Å². The van der Waals surface area contributed by atoms with Gasteiger partial charge in [-0.05, 0) is 11.6 Å². The van der Waals surface area contributed by atoms with E-state index >= 15 is 0 Å². The van der Waals surface area contributed by atoms with E-state index in [1.54, 1.807) is 0 Å². The van der Waals surface area contributed by atoms with Crippen LogP contribution in [0.3, 0.4) is 0 Å². The van der Waals surface area contributed by atoms with Crippen molar-refractivity contribution >= 4 is 11.6 Å². The van der Waals surface area contributed by atoms with Gasteiger partial charge in [-0.2, -0.15) is 8.78 Å². The third kappa shape index (κ3) is 2.80. The summed E-state index contributed by atoms with van der Waals surface area (Å²) in [4.78, 5) is 0. The summed E-state index contributed by atoms with van der Waals surface area (Å²) in [7, 11) is 0. The Morgan fingerprint density at radius 1 is 1.43 bits per heavy atom. The highest BCUT2D eigenvalue weighted by Gasteiger charge is 2.28. The van der Waals surface area contributed by atoms with Gasteiger partial charge in [0.1, 0.15) is 0 Å². The van der Waals surface area contributed by atoms with Gasteiger partial charge in [0.2, 0.25) is 0 Å². The van der Waals surface area contributed by atoms with Crippen molar-refractivity contribution in [3.05, 3.63) is 0 Å². The molecule has 0 aliphatic heterocycles. The van der Waals surface area contributed by atoms with Gasteiger partial charge in [0.15, 0.2) is 0 Å². The second-order valence-corrected chi connectivity index (χ2v) is 2.20. The van der Waals surface area contributed by atoms with Crippen molar-refractivity contribution in [2.75, 3.05) is 0 Å². The summed E-state index contributed by atoms with van der Waals surface area (Å²) >= 11 is 4.53. The number of hydrogen-bond donors (Lipinski definition) is 0. The first-order valence-electron chi connectivity index (χ1n) is 2.01. The maximum atomic E-state index is 11.6. The van der Waals surface area contributed by atoms with Gasteiger partial charge < -0.3 is 0 Å². The van der Waals surface area contributed by atoms with E-state index in [-0.39, 0.29) is 0 Å². The molecule has 0 aromatic carbocycles. The maximum Gasteiger partial charge on any atom is 0.323 e. The lowest BCUT2D eigenvalue weighted by Crippen LogP contribution is -2.13. The number of rotatable bonds is 1. The van der Waals surface area contributed by atoms with Gasteiger partial charge in [-0.25, -0.2) is 0 Å². The number of alkyl halides is 3.